The molecule has 98 valence electrons. The van der Waals surface area contributed by atoms with Gasteiger partial charge < -0.3 is 10.5 Å². The van der Waals surface area contributed by atoms with Crippen LogP contribution in [0.5, 0.6) is 5.75 Å². The molecule has 19 heavy (non-hydrogen) atoms. The maximum absolute atomic E-state index is 13.7. The van der Waals surface area contributed by atoms with Gasteiger partial charge in [0.1, 0.15) is 17.7 Å². The summed E-state index contributed by atoms with van der Waals surface area (Å²) in [6.45, 7) is 0.415. The van der Waals surface area contributed by atoms with E-state index in [0.29, 0.717) is 29.3 Å². The lowest BCUT2D eigenvalue weighted by molar-refractivity contribution is 0.242. The summed E-state index contributed by atoms with van der Waals surface area (Å²) in [6, 6.07) is 10.3. The molecule has 2 aromatic rings. The van der Waals surface area contributed by atoms with Crippen molar-refractivity contribution in [3.8, 4) is 16.9 Å². The second kappa shape index (κ2) is 4.83. The summed E-state index contributed by atoms with van der Waals surface area (Å²) in [7, 11) is 0. The minimum absolute atomic E-state index is 0.0852. The molecule has 0 fully saturated rings. The van der Waals surface area contributed by atoms with Crippen LogP contribution in [-0.4, -0.2) is 12.6 Å². The molecule has 3 rings (SSSR count). The topological polar surface area (TPSA) is 35.2 Å². The van der Waals surface area contributed by atoms with Crippen molar-refractivity contribution in [1.29, 1.82) is 0 Å². The van der Waals surface area contributed by atoms with E-state index in [0.717, 1.165) is 11.1 Å². The van der Waals surface area contributed by atoms with Crippen molar-refractivity contribution < 1.29 is 9.13 Å². The molecule has 0 bridgehead atoms. The molecule has 2 N–H and O–H groups in total. The summed E-state index contributed by atoms with van der Waals surface area (Å²) in [4.78, 5) is 0. The second-order valence-electron chi connectivity index (χ2n) is 4.60. The summed E-state index contributed by atoms with van der Waals surface area (Å²) in [5, 5.41) is 0.579. The zero-order valence-corrected chi connectivity index (χ0v) is 11.0. The average Bonchev–Trinajstić information content (AvgIpc) is 2.81. The number of hydrogen-bond donors (Lipinski definition) is 1. The Morgan fingerprint density at radius 3 is 2.79 bits per heavy atom. The van der Waals surface area contributed by atoms with E-state index in [1.54, 1.807) is 6.07 Å². The van der Waals surface area contributed by atoms with Crippen LogP contribution in [0.15, 0.2) is 36.4 Å². The molecule has 0 saturated carbocycles. The van der Waals surface area contributed by atoms with Crippen LogP contribution in [0.2, 0.25) is 5.02 Å². The van der Waals surface area contributed by atoms with E-state index in [1.165, 1.54) is 12.1 Å². The van der Waals surface area contributed by atoms with Crippen LogP contribution in [-0.2, 0) is 6.42 Å². The second-order valence-corrected chi connectivity index (χ2v) is 5.01. The first-order valence-electron chi connectivity index (χ1n) is 6.13. The van der Waals surface area contributed by atoms with E-state index in [2.05, 4.69) is 0 Å². The Labute approximate surface area is 115 Å². The molecule has 1 atom stereocenters. The van der Waals surface area contributed by atoms with Crippen LogP contribution >= 0.6 is 11.6 Å². The van der Waals surface area contributed by atoms with Gasteiger partial charge in [-0.15, -0.1) is 0 Å². The van der Waals surface area contributed by atoms with Crippen molar-refractivity contribution >= 4 is 11.6 Å². The number of nitrogens with two attached hydrogens (primary N) is 1. The van der Waals surface area contributed by atoms with E-state index in [1.807, 2.05) is 18.2 Å². The maximum atomic E-state index is 13.7. The highest BCUT2D eigenvalue weighted by molar-refractivity contribution is 6.33. The van der Waals surface area contributed by atoms with Crippen molar-refractivity contribution in [3.05, 3.63) is 52.8 Å². The number of halogens is 2. The van der Waals surface area contributed by atoms with Crippen LogP contribution < -0.4 is 10.5 Å². The number of benzene rings is 2. The minimum atomic E-state index is -0.282. The third-order valence-corrected chi connectivity index (χ3v) is 3.62. The highest BCUT2D eigenvalue weighted by Crippen LogP contribution is 2.41. The van der Waals surface area contributed by atoms with Crippen molar-refractivity contribution in [2.75, 3.05) is 6.54 Å². The molecule has 4 heteroatoms. The molecule has 1 aliphatic rings. The van der Waals surface area contributed by atoms with E-state index in [-0.39, 0.29) is 11.9 Å². The minimum Gasteiger partial charge on any atom is -0.488 e. The lowest BCUT2D eigenvalue weighted by atomic mass is 10.00. The smallest absolute Gasteiger partial charge is 0.131 e. The summed E-state index contributed by atoms with van der Waals surface area (Å²) >= 11 is 6.18. The van der Waals surface area contributed by atoms with Gasteiger partial charge in [-0.2, -0.15) is 0 Å². The van der Waals surface area contributed by atoms with Crippen molar-refractivity contribution in [3.63, 3.8) is 0 Å². The van der Waals surface area contributed by atoms with Crippen LogP contribution in [0, 0.1) is 5.82 Å². The lowest BCUT2D eigenvalue weighted by Crippen LogP contribution is -2.24. The third-order valence-electron chi connectivity index (χ3n) is 3.29. The van der Waals surface area contributed by atoms with Gasteiger partial charge in [0, 0.05) is 34.7 Å². The fraction of sp³-hybridized carbons (Fsp3) is 0.200. The summed E-state index contributed by atoms with van der Waals surface area (Å²) in [5.41, 5.74) is 7.94. The van der Waals surface area contributed by atoms with Gasteiger partial charge in [-0.05, 0) is 18.2 Å². The molecule has 1 unspecified atom stereocenters. The van der Waals surface area contributed by atoms with E-state index in [9.17, 15) is 4.39 Å². The molecular weight excluding hydrogens is 265 g/mol. The number of ether oxygens (including phenoxy) is 1. The largest absolute Gasteiger partial charge is 0.488 e. The Morgan fingerprint density at radius 1 is 1.26 bits per heavy atom. The van der Waals surface area contributed by atoms with Crippen LogP contribution in [0.4, 0.5) is 4.39 Å². The molecule has 0 amide bonds. The summed E-state index contributed by atoms with van der Waals surface area (Å²) in [6.07, 6.45) is 0.555. The number of hydrogen-bond acceptors (Lipinski definition) is 2. The molecule has 0 aliphatic carbocycles. The Balaban J connectivity index is 2.16. The predicted molar refractivity (Wildman–Crippen MR) is 74.0 cm³/mol. The van der Waals surface area contributed by atoms with Gasteiger partial charge in [0.15, 0.2) is 0 Å². The first-order chi connectivity index (χ1) is 9.19. The van der Waals surface area contributed by atoms with Gasteiger partial charge in [-0.3, -0.25) is 0 Å². The first-order valence-corrected chi connectivity index (χ1v) is 6.51. The molecule has 0 aromatic heterocycles. The third kappa shape index (κ3) is 2.20. The van der Waals surface area contributed by atoms with Crippen molar-refractivity contribution in [1.82, 2.24) is 0 Å². The molecule has 0 saturated heterocycles. The molecule has 2 nitrogen and oxygen atoms in total. The van der Waals surface area contributed by atoms with Crippen LogP contribution in [0.25, 0.3) is 11.1 Å². The van der Waals surface area contributed by atoms with Crippen molar-refractivity contribution in [2.45, 2.75) is 12.5 Å². The predicted octanol–water partition coefficient (Wildman–Crippen LogP) is 3.41. The molecule has 1 heterocycles. The van der Waals surface area contributed by atoms with E-state index in [4.69, 9.17) is 22.1 Å². The van der Waals surface area contributed by atoms with Crippen molar-refractivity contribution in [2.24, 2.45) is 5.73 Å². The Hall–Kier alpha value is -1.58. The maximum Gasteiger partial charge on any atom is 0.131 e. The standard InChI is InChI=1S/C15H13ClFNO/c16-14-4-2-1-3-12(14)13-7-10(17)5-9-6-11(8-18)19-15(9)13/h1-5,7,11H,6,8,18H2. The fourth-order valence-electron chi connectivity index (χ4n) is 2.41. The SMILES string of the molecule is NCC1Cc2cc(F)cc(-c3ccccc3Cl)c2O1. The highest BCUT2D eigenvalue weighted by Gasteiger charge is 2.26. The highest BCUT2D eigenvalue weighted by atomic mass is 35.5. The normalized spacial score (nSPS) is 17.1. The average molecular weight is 278 g/mol. The van der Waals surface area contributed by atoms with Crippen LogP contribution in [0.3, 0.4) is 0 Å². The van der Waals surface area contributed by atoms with Gasteiger partial charge in [-0.25, -0.2) is 4.39 Å². The van der Waals surface area contributed by atoms with Gasteiger partial charge in [0.2, 0.25) is 0 Å². The summed E-state index contributed by atoms with van der Waals surface area (Å²) in [5.74, 6) is 0.417. The van der Waals surface area contributed by atoms with E-state index >= 15 is 0 Å². The number of rotatable bonds is 2. The molecule has 0 radical (unpaired) electrons. The molecule has 0 spiro atoms. The van der Waals surface area contributed by atoms with Gasteiger partial charge in [0.05, 0.1) is 0 Å². The molecule has 2 aromatic carbocycles. The first kappa shape index (κ1) is 12.5. The zero-order valence-electron chi connectivity index (χ0n) is 10.2. The zero-order chi connectivity index (χ0) is 13.4. The Kier molecular flexibility index (Phi) is 3.17. The quantitative estimate of drug-likeness (QED) is 0.913. The Bertz CT molecular complexity index is 630. The van der Waals surface area contributed by atoms with Gasteiger partial charge in [0.25, 0.3) is 0 Å². The number of fused-ring (bicyclic) bond motifs is 1. The Morgan fingerprint density at radius 2 is 2.05 bits per heavy atom. The summed E-state index contributed by atoms with van der Waals surface area (Å²) < 4.78 is 19.5. The van der Waals surface area contributed by atoms with Gasteiger partial charge >= 0.3 is 0 Å². The van der Waals surface area contributed by atoms with Crippen LogP contribution in [0.1, 0.15) is 5.56 Å². The van der Waals surface area contributed by atoms with Gasteiger partial charge in [-0.1, -0.05) is 29.8 Å². The van der Waals surface area contributed by atoms with E-state index < -0.39 is 0 Å². The fourth-order valence-corrected chi connectivity index (χ4v) is 2.64. The lowest BCUT2D eigenvalue weighted by Gasteiger charge is -2.12. The molecule has 1 aliphatic heterocycles. The monoisotopic (exact) mass is 277 g/mol. The molecular formula is C15H13ClFNO.